The van der Waals surface area contributed by atoms with Gasteiger partial charge in [0.15, 0.2) is 11.2 Å². The first kappa shape index (κ1) is 16.3. The van der Waals surface area contributed by atoms with Crippen LogP contribution in [0, 0.1) is 0 Å². The topological polar surface area (TPSA) is 187 Å². The van der Waals surface area contributed by atoms with Gasteiger partial charge in [-0.2, -0.15) is 4.98 Å². The molecule has 0 aliphatic rings. The summed E-state index contributed by atoms with van der Waals surface area (Å²) in [5, 5.41) is 31.6. The van der Waals surface area contributed by atoms with Crippen LogP contribution in [0.4, 0.5) is 11.6 Å². The molecule has 11 nitrogen and oxygen atoms in total. The highest BCUT2D eigenvalue weighted by Crippen LogP contribution is 2.20. The molecule has 25 heavy (non-hydrogen) atoms. The van der Waals surface area contributed by atoms with E-state index in [1.54, 1.807) is 0 Å². The van der Waals surface area contributed by atoms with E-state index in [2.05, 4.69) is 25.3 Å². The van der Waals surface area contributed by atoms with Crippen LogP contribution in [0.2, 0.25) is 0 Å². The van der Waals surface area contributed by atoms with Crippen molar-refractivity contribution in [3.8, 4) is 0 Å². The minimum Gasteiger partial charge on any atom is -0.478 e. The Kier molecular flexibility index (Phi) is 3.79. The Morgan fingerprint density at radius 2 is 1.88 bits per heavy atom. The first-order chi connectivity index (χ1) is 11.8. The molecule has 0 amide bonds. The van der Waals surface area contributed by atoms with E-state index < -0.39 is 17.4 Å². The van der Waals surface area contributed by atoms with Crippen LogP contribution in [-0.4, -0.2) is 41.2 Å². The molecule has 0 atom stereocenters. The maximum absolute atomic E-state index is 11.8. The van der Waals surface area contributed by atoms with Gasteiger partial charge in [0.05, 0.1) is 11.8 Å². The summed E-state index contributed by atoms with van der Waals surface area (Å²) in [7, 11) is 0. The van der Waals surface area contributed by atoms with E-state index in [-0.39, 0.29) is 34.1 Å². The molecule has 0 aliphatic heterocycles. The number of nitrogens with one attached hydrogen (secondary N) is 2. The van der Waals surface area contributed by atoms with Crippen LogP contribution in [0.25, 0.3) is 11.2 Å². The predicted molar refractivity (Wildman–Crippen MR) is 85.5 cm³/mol. The fraction of sp³-hybridized carbons (Fsp3) is 0.0714. The average Bonchev–Trinajstić information content (AvgIpc) is 2.54. The summed E-state index contributed by atoms with van der Waals surface area (Å²) in [6, 6.07) is 5.25. The Labute approximate surface area is 138 Å². The van der Waals surface area contributed by atoms with Crippen LogP contribution in [0.1, 0.15) is 16.1 Å². The lowest BCUT2D eigenvalue weighted by atomic mass is 10.2. The number of fused-ring (bicyclic) bond motifs is 1. The smallest absolute Gasteiger partial charge is 0.335 e. The van der Waals surface area contributed by atoms with Gasteiger partial charge in [-0.3, -0.25) is 9.78 Å². The van der Waals surface area contributed by atoms with Crippen LogP contribution < -0.4 is 16.6 Å². The van der Waals surface area contributed by atoms with Crippen molar-refractivity contribution in [1.82, 2.24) is 19.9 Å². The third-order valence-electron chi connectivity index (χ3n) is 3.24. The Morgan fingerprint density at radius 1 is 1.20 bits per heavy atom. The highest BCUT2D eigenvalue weighted by molar-refractivity contribution is 5.88. The number of aromatic amines is 1. The third-order valence-corrected chi connectivity index (χ3v) is 3.24. The molecule has 3 aromatic rings. The van der Waals surface area contributed by atoms with E-state index in [1.807, 2.05) is 0 Å². The number of hydrogen-bond donors (Lipinski definition) is 6. The summed E-state index contributed by atoms with van der Waals surface area (Å²) >= 11 is 0. The molecule has 0 saturated heterocycles. The molecule has 0 saturated carbocycles. The second kappa shape index (κ2) is 5.81. The molecule has 3 rings (SSSR count). The molecule has 128 valence electrons. The number of nitrogens with two attached hydrogens (primary N) is 1. The van der Waals surface area contributed by atoms with Gasteiger partial charge in [-0.15, -0.1) is 0 Å². The molecule has 0 unspecified atom stereocenters. The standard InChI is InChI=1S/C14H12N6O5/c15-13-18-10-9(11(21)19-13)17-8(5-16-10)14(24,25)20-7-3-1-6(2-4-7)12(22)23/h1-5,20,24-25H,(H,22,23)(H3,15,16,18,19,21). The minimum atomic E-state index is -2.67. The van der Waals surface area contributed by atoms with Gasteiger partial charge in [0.25, 0.3) is 11.5 Å². The maximum atomic E-state index is 11.8. The maximum Gasteiger partial charge on any atom is 0.335 e. The highest BCUT2D eigenvalue weighted by Gasteiger charge is 2.29. The molecule has 1 aromatic carbocycles. The molecule has 0 fully saturated rings. The fourth-order valence-electron chi connectivity index (χ4n) is 2.06. The molecule has 7 N–H and O–H groups in total. The van der Waals surface area contributed by atoms with Crippen molar-refractivity contribution in [3.05, 3.63) is 52.1 Å². The van der Waals surface area contributed by atoms with Gasteiger partial charge >= 0.3 is 5.97 Å². The predicted octanol–water partition coefficient (Wildman–Crippen LogP) is -0.800. The molecule has 0 bridgehead atoms. The van der Waals surface area contributed by atoms with Crippen molar-refractivity contribution in [2.45, 2.75) is 5.91 Å². The minimum absolute atomic E-state index is 0.0349. The zero-order chi connectivity index (χ0) is 18.2. The Hall–Kier alpha value is -3.57. The number of benzene rings is 1. The summed E-state index contributed by atoms with van der Waals surface area (Å²) < 4.78 is 0. The molecule has 2 aromatic heterocycles. The van der Waals surface area contributed by atoms with Gasteiger partial charge in [-0.05, 0) is 24.3 Å². The number of H-pyrrole nitrogens is 1. The molecular weight excluding hydrogens is 332 g/mol. The molecule has 0 aliphatic carbocycles. The first-order valence-electron chi connectivity index (χ1n) is 6.85. The van der Waals surface area contributed by atoms with Gasteiger partial charge in [0.1, 0.15) is 5.69 Å². The van der Waals surface area contributed by atoms with Crippen LogP contribution in [0.5, 0.6) is 0 Å². The number of hydrogen-bond acceptors (Lipinski definition) is 9. The lowest BCUT2D eigenvalue weighted by Gasteiger charge is -2.23. The SMILES string of the molecule is Nc1nc2ncc(C(O)(O)Nc3ccc(C(=O)O)cc3)nc2c(=O)[nH]1. The van der Waals surface area contributed by atoms with Crippen LogP contribution in [-0.2, 0) is 5.91 Å². The number of nitrogens with zero attached hydrogens (tertiary/aromatic N) is 3. The molecular formula is C14H12N6O5. The van der Waals surface area contributed by atoms with Crippen molar-refractivity contribution >= 4 is 28.8 Å². The van der Waals surface area contributed by atoms with Gasteiger partial charge < -0.3 is 26.4 Å². The number of carboxylic acid groups (broad SMARTS) is 1. The quantitative estimate of drug-likeness (QED) is 0.327. The van der Waals surface area contributed by atoms with Crippen LogP contribution in [0.15, 0.2) is 35.3 Å². The normalized spacial score (nSPS) is 11.4. The van der Waals surface area contributed by atoms with Crippen molar-refractivity contribution in [3.63, 3.8) is 0 Å². The van der Waals surface area contributed by atoms with Crippen molar-refractivity contribution in [1.29, 1.82) is 0 Å². The number of aromatic nitrogens is 4. The molecule has 11 heteroatoms. The number of nitrogen functional groups attached to an aromatic ring is 1. The first-order valence-corrected chi connectivity index (χ1v) is 6.85. The number of anilines is 2. The summed E-state index contributed by atoms with van der Waals surface area (Å²) in [4.78, 5) is 36.3. The van der Waals surface area contributed by atoms with E-state index in [1.165, 1.54) is 24.3 Å². The largest absolute Gasteiger partial charge is 0.478 e. The number of aromatic carboxylic acids is 1. The van der Waals surface area contributed by atoms with Crippen LogP contribution >= 0.6 is 0 Å². The second-order valence-corrected chi connectivity index (χ2v) is 5.06. The zero-order valence-electron chi connectivity index (χ0n) is 12.5. The molecule has 0 radical (unpaired) electrons. The number of carboxylic acids is 1. The summed E-state index contributed by atoms with van der Waals surface area (Å²) in [6.45, 7) is 0. The van der Waals surface area contributed by atoms with Crippen LogP contribution in [0.3, 0.4) is 0 Å². The lowest BCUT2D eigenvalue weighted by Crippen LogP contribution is -2.36. The van der Waals surface area contributed by atoms with Gasteiger partial charge in [0.2, 0.25) is 5.95 Å². The van der Waals surface area contributed by atoms with Gasteiger partial charge in [0, 0.05) is 5.69 Å². The lowest BCUT2D eigenvalue weighted by molar-refractivity contribution is -0.146. The third kappa shape index (κ3) is 3.22. The monoisotopic (exact) mass is 344 g/mol. The summed E-state index contributed by atoms with van der Waals surface area (Å²) in [5.41, 5.74) is 4.33. The Balaban J connectivity index is 1.95. The number of rotatable bonds is 4. The summed E-state index contributed by atoms with van der Waals surface area (Å²) in [5.74, 6) is -3.92. The second-order valence-electron chi connectivity index (χ2n) is 5.06. The van der Waals surface area contributed by atoms with Gasteiger partial charge in [-0.25, -0.2) is 14.8 Å². The Morgan fingerprint density at radius 3 is 2.52 bits per heavy atom. The summed E-state index contributed by atoms with van der Waals surface area (Å²) in [6.07, 6.45) is 1.02. The van der Waals surface area contributed by atoms with E-state index >= 15 is 0 Å². The van der Waals surface area contributed by atoms with Crippen molar-refractivity contribution < 1.29 is 20.1 Å². The van der Waals surface area contributed by atoms with Crippen molar-refractivity contribution in [2.24, 2.45) is 0 Å². The average molecular weight is 344 g/mol. The van der Waals surface area contributed by atoms with E-state index in [0.29, 0.717) is 0 Å². The molecule has 0 spiro atoms. The highest BCUT2D eigenvalue weighted by atomic mass is 16.5. The van der Waals surface area contributed by atoms with Gasteiger partial charge in [-0.1, -0.05) is 0 Å². The fourth-order valence-corrected chi connectivity index (χ4v) is 2.06. The Bertz CT molecular complexity index is 1010. The van der Waals surface area contributed by atoms with E-state index in [0.717, 1.165) is 6.20 Å². The number of aliphatic hydroxyl groups is 2. The molecule has 2 heterocycles. The zero-order valence-corrected chi connectivity index (χ0v) is 12.5. The number of carbonyl (C=O) groups is 1. The van der Waals surface area contributed by atoms with Crippen molar-refractivity contribution in [2.75, 3.05) is 11.1 Å². The van der Waals surface area contributed by atoms with E-state index in [9.17, 15) is 19.8 Å². The van der Waals surface area contributed by atoms with E-state index in [4.69, 9.17) is 10.8 Å².